The number of hydrogen-bond donors (Lipinski definition) is 1. The van der Waals surface area contributed by atoms with E-state index in [1.807, 2.05) is 6.07 Å². The summed E-state index contributed by atoms with van der Waals surface area (Å²) in [4.78, 5) is 12.0. The first kappa shape index (κ1) is 12.6. The molecule has 3 unspecified atom stereocenters. The molecule has 1 aromatic carbocycles. The van der Waals surface area contributed by atoms with Crippen molar-refractivity contribution in [3.8, 4) is 0 Å². The Morgan fingerprint density at radius 2 is 2.26 bits per heavy atom. The first-order valence-electron chi connectivity index (χ1n) is 6.89. The standard InChI is InChI=1S/C15H18FNO2/c16-14-6-2-1-5-11(14)12-8-13(12)15(18)17-9-10-4-3-7-19-10/h1-2,5-6,10,12-13H,3-4,7-9H2,(H,17,18). The van der Waals surface area contributed by atoms with Gasteiger partial charge in [-0.25, -0.2) is 4.39 Å². The Hall–Kier alpha value is -1.42. The third kappa shape index (κ3) is 2.78. The summed E-state index contributed by atoms with van der Waals surface area (Å²) in [5.41, 5.74) is 0.666. The van der Waals surface area contributed by atoms with Crippen LogP contribution in [0.1, 0.15) is 30.7 Å². The van der Waals surface area contributed by atoms with Gasteiger partial charge in [-0.15, -0.1) is 0 Å². The van der Waals surface area contributed by atoms with Gasteiger partial charge in [-0.05, 0) is 36.8 Å². The molecule has 0 aromatic heterocycles. The van der Waals surface area contributed by atoms with Gasteiger partial charge in [0.15, 0.2) is 0 Å². The van der Waals surface area contributed by atoms with Crippen LogP contribution in [0.2, 0.25) is 0 Å². The molecular formula is C15H18FNO2. The van der Waals surface area contributed by atoms with Crippen LogP contribution in [0.25, 0.3) is 0 Å². The summed E-state index contributed by atoms with van der Waals surface area (Å²) in [6, 6.07) is 6.72. The predicted molar refractivity (Wildman–Crippen MR) is 69.2 cm³/mol. The average Bonchev–Trinajstić information content (AvgIpc) is 3.04. The molecule has 3 atom stereocenters. The van der Waals surface area contributed by atoms with Crippen LogP contribution < -0.4 is 5.32 Å². The molecule has 1 aromatic rings. The van der Waals surface area contributed by atoms with E-state index in [2.05, 4.69) is 5.32 Å². The van der Waals surface area contributed by atoms with Crippen LogP contribution in [0.3, 0.4) is 0 Å². The SMILES string of the molecule is O=C(NCC1CCCO1)C1CC1c1ccccc1F. The number of carbonyl (C=O) groups is 1. The molecule has 3 rings (SSSR count). The largest absolute Gasteiger partial charge is 0.376 e. The summed E-state index contributed by atoms with van der Waals surface area (Å²) < 4.78 is 19.1. The topological polar surface area (TPSA) is 38.3 Å². The number of nitrogens with one attached hydrogen (secondary N) is 1. The van der Waals surface area contributed by atoms with Crippen LogP contribution in [0, 0.1) is 11.7 Å². The minimum atomic E-state index is -0.207. The molecule has 1 heterocycles. The monoisotopic (exact) mass is 263 g/mol. The molecule has 2 fully saturated rings. The Bertz CT molecular complexity index is 471. The number of hydrogen-bond acceptors (Lipinski definition) is 2. The number of rotatable bonds is 4. The summed E-state index contributed by atoms with van der Waals surface area (Å²) in [6.07, 6.45) is 3.00. The Morgan fingerprint density at radius 1 is 1.42 bits per heavy atom. The Balaban J connectivity index is 1.51. The van der Waals surface area contributed by atoms with E-state index in [9.17, 15) is 9.18 Å². The van der Waals surface area contributed by atoms with Gasteiger partial charge in [0.25, 0.3) is 0 Å². The number of benzene rings is 1. The third-order valence-electron chi connectivity index (χ3n) is 3.96. The van der Waals surface area contributed by atoms with Gasteiger partial charge in [-0.1, -0.05) is 18.2 Å². The molecule has 0 bridgehead atoms. The second-order valence-corrected chi connectivity index (χ2v) is 5.35. The summed E-state index contributed by atoms with van der Waals surface area (Å²) >= 11 is 0. The molecule has 3 nitrogen and oxygen atoms in total. The number of ether oxygens (including phenoxy) is 1. The zero-order chi connectivity index (χ0) is 13.2. The zero-order valence-electron chi connectivity index (χ0n) is 10.8. The quantitative estimate of drug-likeness (QED) is 0.904. The number of carbonyl (C=O) groups excluding carboxylic acids is 1. The molecule has 19 heavy (non-hydrogen) atoms. The van der Waals surface area contributed by atoms with E-state index in [-0.39, 0.29) is 29.7 Å². The minimum Gasteiger partial charge on any atom is -0.376 e. The molecule has 1 amide bonds. The fourth-order valence-corrected chi connectivity index (χ4v) is 2.76. The van der Waals surface area contributed by atoms with Crippen molar-refractivity contribution in [1.82, 2.24) is 5.32 Å². The van der Waals surface area contributed by atoms with E-state index in [1.165, 1.54) is 6.07 Å². The van der Waals surface area contributed by atoms with Crippen LogP contribution in [-0.4, -0.2) is 25.2 Å². The second kappa shape index (κ2) is 5.29. The fourth-order valence-electron chi connectivity index (χ4n) is 2.76. The van der Waals surface area contributed by atoms with Gasteiger partial charge >= 0.3 is 0 Å². The lowest BCUT2D eigenvalue weighted by molar-refractivity contribution is -0.122. The maximum absolute atomic E-state index is 13.6. The van der Waals surface area contributed by atoms with Crippen LogP contribution in [0.4, 0.5) is 4.39 Å². The Kier molecular flexibility index (Phi) is 3.51. The molecule has 4 heteroatoms. The van der Waals surface area contributed by atoms with E-state index in [1.54, 1.807) is 12.1 Å². The van der Waals surface area contributed by atoms with Crippen molar-refractivity contribution in [3.63, 3.8) is 0 Å². The van der Waals surface area contributed by atoms with E-state index < -0.39 is 0 Å². The second-order valence-electron chi connectivity index (χ2n) is 5.35. The summed E-state index contributed by atoms with van der Waals surface area (Å²) in [5, 5.41) is 2.92. The van der Waals surface area contributed by atoms with Gasteiger partial charge in [-0.2, -0.15) is 0 Å². The van der Waals surface area contributed by atoms with Gasteiger partial charge in [0.05, 0.1) is 6.10 Å². The highest BCUT2D eigenvalue weighted by Gasteiger charge is 2.45. The summed E-state index contributed by atoms with van der Waals surface area (Å²) in [7, 11) is 0. The van der Waals surface area contributed by atoms with Crippen molar-refractivity contribution >= 4 is 5.91 Å². The van der Waals surface area contributed by atoms with Gasteiger partial charge in [0, 0.05) is 19.1 Å². The van der Waals surface area contributed by atoms with Crippen LogP contribution in [0.5, 0.6) is 0 Å². The molecule has 1 aliphatic carbocycles. The normalized spacial score (nSPS) is 29.2. The fraction of sp³-hybridized carbons (Fsp3) is 0.533. The van der Waals surface area contributed by atoms with Gasteiger partial charge < -0.3 is 10.1 Å². The van der Waals surface area contributed by atoms with E-state index in [4.69, 9.17) is 4.74 Å². The zero-order valence-corrected chi connectivity index (χ0v) is 10.8. The summed E-state index contributed by atoms with van der Waals surface area (Å²) in [6.45, 7) is 1.38. The van der Waals surface area contributed by atoms with Gasteiger partial charge in [0.2, 0.25) is 5.91 Å². The van der Waals surface area contributed by atoms with Crippen LogP contribution >= 0.6 is 0 Å². The van der Waals surface area contributed by atoms with Crippen LogP contribution in [0.15, 0.2) is 24.3 Å². The van der Waals surface area contributed by atoms with Crippen molar-refractivity contribution < 1.29 is 13.9 Å². The predicted octanol–water partition coefficient (Wildman–Crippen LogP) is 2.22. The lowest BCUT2D eigenvalue weighted by Gasteiger charge is -2.10. The van der Waals surface area contributed by atoms with E-state index >= 15 is 0 Å². The number of halogens is 1. The first-order valence-corrected chi connectivity index (χ1v) is 6.89. The molecule has 1 N–H and O–H groups in total. The van der Waals surface area contributed by atoms with E-state index in [0.29, 0.717) is 12.1 Å². The highest BCUT2D eigenvalue weighted by molar-refractivity contribution is 5.82. The lowest BCUT2D eigenvalue weighted by atomic mass is 10.1. The molecule has 0 radical (unpaired) electrons. The average molecular weight is 263 g/mol. The highest BCUT2D eigenvalue weighted by Crippen LogP contribution is 2.48. The molecule has 102 valence electrons. The van der Waals surface area contributed by atoms with Crippen molar-refractivity contribution in [3.05, 3.63) is 35.6 Å². The third-order valence-corrected chi connectivity index (χ3v) is 3.96. The molecule has 0 spiro atoms. The molecule has 1 aliphatic heterocycles. The highest BCUT2D eigenvalue weighted by atomic mass is 19.1. The van der Waals surface area contributed by atoms with E-state index in [0.717, 1.165) is 25.9 Å². The van der Waals surface area contributed by atoms with Crippen molar-refractivity contribution in [1.29, 1.82) is 0 Å². The summed E-state index contributed by atoms with van der Waals surface area (Å²) in [5.74, 6) is -0.199. The Morgan fingerprint density at radius 3 is 3.00 bits per heavy atom. The number of amides is 1. The molecule has 2 aliphatic rings. The minimum absolute atomic E-state index is 0.0313. The first-order chi connectivity index (χ1) is 9.25. The van der Waals surface area contributed by atoms with Crippen molar-refractivity contribution in [2.45, 2.75) is 31.3 Å². The molecular weight excluding hydrogens is 245 g/mol. The van der Waals surface area contributed by atoms with Crippen LogP contribution in [-0.2, 0) is 9.53 Å². The smallest absolute Gasteiger partial charge is 0.223 e. The van der Waals surface area contributed by atoms with Gasteiger partial charge in [-0.3, -0.25) is 4.79 Å². The maximum atomic E-state index is 13.6. The Labute approximate surface area is 112 Å². The van der Waals surface area contributed by atoms with Gasteiger partial charge in [0.1, 0.15) is 5.82 Å². The maximum Gasteiger partial charge on any atom is 0.223 e. The van der Waals surface area contributed by atoms with Crippen molar-refractivity contribution in [2.24, 2.45) is 5.92 Å². The molecule has 1 saturated heterocycles. The lowest BCUT2D eigenvalue weighted by Crippen LogP contribution is -2.33. The molecule has 1 saturated carbocycles. The van der Waals surface area contributed by atoms with Crippen molar-refractivity contribution in [2.75, 3.05) is 13.2 Å².